The molecule has 0 bridgehead atoms. The van der Waals surface area contributed by atoms with Crippen LogP contribution < -0.4 is 9.46 Å². The average molecular weight is 397 g/mol. The third kappa shape index (κ3) is 5.23. The third-order valence-electron chi connectivity index (χ3n) is 3.45. The summed E-state index contributed by atoms with van der Waals surface area (Å²) in [7, 11) is -3.96. The molecule has 1 aromatic heterocycles. The Morgan fingerprint density at radius 1 is 1.07 bits per heavy atom. The molecule has 0 amide bonds. The minimum absolute atomic E-state index is 0.186. The summed E-state index contributed by atoms with van der Waals surface area (Å²) in [6.07, 6.45) is -1.42. The second-order valence-corrected chi connectivity index (χ2v) is 7.21. The lowest BCUT2D eigenvalue weighted by molar-refractivity contribution is -0.274. The van der Waals surface area contributed by atoms with Crippen molar-refractivity contribution in [3.8, 4) is 5.75 Å². The molecule has 3 rings (SSSR count). The number of alkyl halides is 3. The average Bonchev–Trinajstić information content (AvgIpc) is 3.07. The first-order valence-corrected chi connectivity index (χ1v) is 9.15. The number of nitrogens with zero attached hydrogens (tertiary/aromatic N) is 2. The van der Waals surface area contributed by atoms with E-state index in [1.165, 1.54) is 0 Å². The minimum Gasteiger partial charge on any atom is -0.406 e. The topological polar surface area (TPSA) is 73.2 Å². The van der Waals surface area contributed by atoms with E-state index in [1.807, 2.05) is 6.07 Å². The van der Waals surface area contributed by atoms with Crippen molar-refractivity contribution >= 4 is 15.7 Å². The van der Waals surface area contributed by atoms with Gasteiger partial charge >= 0.3 is 6.36 Å². The second kappa shape index (κ2) is 7.31. The van der Waals surface area contributed by atoms with Gasteiger partial charge in [-0.25, -0.2) is 8.42 Å². The van der Waals surface area contributed by atoms with Crippen molar-refractivity contribution in [3.63, 3.8) is 0 Å². The fourth-order valence-electron chi connectivity index (χ4n) is 2.35. The van der Waals surface area contributed by atoms with Crippen molar-refractivity contribution in [2.45, 2.75) is 17.8 Å². The van der Waals surface area contributed by atoms with Gasteiger partial charge < -0.3 is 4.74 Å². The molecule has 0 radical (unpaired) electrons. The molecule has 0 spiro atoms. The van der Waals surface area contributed by atoms with Crippen LogP contribution in [0.1, 0.15) is 5.56 Å². The van der Waals surface area contributed by atoms with Crippen LogP contribution >= 0.6 is 0 Å². The van der Waals surface area contributed by atoms with Gasteiger partial charge in [-0.3, -0.25) is 9.40 Å². The normalized spacial score (nSPS) is 12.0. The fourth-order valence-corrected chi connectivity index (χ4v) is 3.40. The van der Waals surface area contributed by atoms with Crippen molar-refractivity contribution in [2.75, 3.05) is 4.72 Å². The van der Waals surface area contributed by atoms with Crippen LogP contribution in [0.4, 0.5) is 18.9 Å². The van der Waals surface area contributed by atoms with Crippen LogP contribution in [0, 0.1) is 0 Å². The molecule has 27 heavy (non-hydrogen) atoms. The maximum absolute atomic E-state index is 12.4. The molecule has 0 saturated carbocycles. The smallest absolute Gasteiger partial charge is 0.406 e. The summed E-state index contributed by atoms with van der Waals surface area (Å²) in [5.74, 6) is -0.498. The highest BCUT2D eigenvalue weighted by atomic mass is 32.2. The Kier molecular flexibility index (Phi) is 5.08. The van der Waals surface area contributed by atoms with E-state index in [4.69, 9.17) is 0 Å². The summed E-state index contributed by atoms with van der Waals surface area (Å²) < 4.78 is 69.2. The van der Waals surface area contributed by atoms with E-state index in [1.54, 1.807) is 41.3 Å². The summed E-state index contributed by atoms with van der Waals surface area (Å²) in [4.78, 5) is -0.186. The maximum Gasteiger partial charge on any atom is 0.573 e. The summed E-state index contributed by atoms with van der Waals surface area (Å²) in [6.45, 7) is 0.464. The molecule has 142 valence electrons. The van der Waals surface area contributed by atoms with Gasteiger partial charge in [0.15, 0.2) is 0 Å². The minimum atomic E-state index is -4.84. The number of sulfonamides is 1. The number of nitrogens with one attached hydrogen (secondary N) is 1. The molecule has 0 saturated heterocycles. The number of rotatable bonds is 6. The molecule has 0 unspecified atom stereocenters. The first-order valence-electron chi connectivity index (χ1n) is 7.66. The second-order valence-electron chi connectivity index (χ2n) is 5.53. The van der Waals surface area contributed by atoms with Crippen LogP contribution in [-0.2, 0) is 16.6 Å². The first kappa shape index (κ1) is 18.8. The predicted molar refractivity (Wildman–Crippen MR) is 91.7 cm³/mol. The highest BCUT2D eigenvalue weighted by Gasteiger charge is 2.31. The maximum atomic E-state index is 12.4. The molecule has 10 heteroatoms. The van der Waals surface area contributed by atoms with E-state index in [0.29, 0.717) is 12.2 Å². The van der Waals surface area contributed by atoms with E-state index in [9.17, 15) is 21.6 Å². The third-order valence-corrected chi connectivity index (χ3v) is 4.85. The van der Waals surface area contributed by atoms with Crippen LogP contribution in [0.3, 0.4) is 0 Å². The van der Waals surface area contributed by atoms with Gasteiger partial charge in [0.05, 0.1) is 11.4 Å². The molecule has 6 nitrogen and oxygen atoms in total. The highest BCUT2D eigenvalue weighted by Crippen LogP contribution is 2.25. The van der Waals surface area contributed by atoms with E-state index in [-0.39, 0.29) is 4.90 Å². The number of ether oxygens (including phenoxy) is 1. The summed E-state index contributed by atoms with van der Waals surface area (Å²) in [6, 6.07) is 12.5. The van der Waals surface area contributed by atoms with Gasteiger partial charge in [0, 0.05) is 18.1 Å². The van der Waals surface area contributed by atoms with E-state index in [2.05, 4.69) is 14.6 Å². The molecule has 1 N–H and O–H groups in total. The highest BCUT2D eigenvalue weighted by molar-refractivity contribution is 7.92. The lowest BCUT2D eigenvalue weighted by atomic mass is 10.2. The Morgan fingerprint density at radius 2 is 1.81 bits per heavy atom. The molecule has 0 aliphatic rings. The van der Waals surface area contributed by atoms with Crippen LogP contribution in [0.5, 0.6) is 5.75 Å². The number of aromatic nitrogens is 2. The van der Waals surface area contributed by atoms with Crippen LogP contribution in [0.25, 0.3) is 0 Å². The molecule has 3 aromatic rings. The van der Waals surface area contributed by atoms with Crippen LogP contribution in [0.2, 0.25) is 0 Å². The fraction of sp³-hybridized carbons (Fsp3) is 0.118. The van der Waals surface area contributed by atoms with Crippen molar-refractivity contribution < 1.29 is 26.3 Å². The van der Waals surface area contributed by atoms with Crippen molar-refractivity contribution in [1.29, 1.82) is 0 Å². The zero-order chi connectivity index (χ0) is 19.5. The Bertz CT molecular complexity index is 1000. The van der Waals surface area contributed by atoms with Gasteiger partial charge in [0.25, 0.3) is 10.0 Å². The summed E-state index contributed by atoms with van der Waals surface area (Å²) >= 11 is 0. The lowest BCUT2D eigenvalue weighted by Crippen LogP contribution is -2.17. The Labute approximate surface area is 153 Å². The van der Waals surface area contributed by atoms with Crippen LogP contribution in [0.15, 0.2) is 71.9 Å². The lowest BCUT2D eigenvalue weighted by Gasteiger charge is -2.11. The van der Waals surface area contributed by atoms with Crippen LogP contribution in [-0.4, -0.2) is 24.6 Å². The summed E-state index contributed by atoms with van der Waals surface area (Å²) in [5.41, 5.74) is 1.16. The standard InChI is InChI=1S/C17H14F3N3O3S/c18-17(19,20)26-15-5-7-16(8-6-15)27(24,25)22-14-4-1-3-13(11-14)12-23-10-2-9-21-23/h1-11,22H,12H2. The Balaban J connectivity index is 1.74. The quantitative estimate of drug-likeness (QED) is 0.689. The molecule has 0 aliphatic heterocycles. The predicted octanol–water partition coefficient (Wildman–Crippen LogP) is 3.63. The molecule has 0 fully saturated rings. The van der Waals surface area contributed by atoms with Gasteiger partial charge in [0.1, 0.15) is 5.75 Å². The molecule has 2 aromatic carbocycles. The molecular formula is C17H14F3N3O3S. The van der Waals surface area contributed by atoms with Crippen molar-refractivity contribution in [3.05, 3.63) is 72.6 Å². The number of hydrogen-bond acceptors (Lipinski definition) is 4. The van der Waals surface area contributed by atoms with Crippen molar-refractivity contribution in [2.24, 2.45) is 0 Å². The number of halogens is 3. The van der Waals surface area contributed by atoms with Gasteiger partial charge in [-0.05, 0) is 48.0 Å². The molecular weight excluding hydrogens is 383 g/mol. The van der Waals surface area contributed by atoms with E-state index < -0.39 is 22.1 Å². The van der Waals surface area contributed by atoms with Gasteiger partial charge in [-0.2, -0.15) is 5.10 Å². The van der Waals surface area contributed by atoms with Gasteiger partial charge in [-0.1, -0.05) is 12.1 Å². The Morgan fingerprint density at radius 3 is 2.44 bits per heavy atom. The number of anilines is 1. The zero-order valence-corrected chi connectivity index (χ0v) is 14.5. The Hall–Kier alpha value is -3.01. The van der Waals surface area contributed by atoms with E-state index in [0.717, 1.165) is 29.8 Å². The molecule has 1 heterocycles. The zero-order valence-electron chi connectivity index (χ0n) is 13.7. The number of hydrogen-bond donors (Lipinski definition) is 1. The largest absolute Gasteiger partial charge is 0.573 e. The summed E-state index contributed by atoms with van der Waals surface area (Å²) in [5, 5.41) is 4.08. The SMILES string of the molecule is O=S(=O)(Nc1cccc(Cn2cccn2)c1)c1ccc(OC(F)(F)F)cc1. The molecule has 0 aliphatic carbocycles. The van der Waals surface area contributed by atoms with E-state index >= 15 is 0 Å². The monoisotopic (exact) mass is 397 g/mol. The van der Waals surface area contributed by atoms with Gasteiger partial charge in [0.2, 0.25) is 0 Å². The first-order chi connectivity index (χ1) is 12.7. The van der Waals surface area contributed by atoms with Gasteiger partial charge in [-0.15, -0.1) is 13.2 Å². The number of benzene rings is 2. The van der Waals surface area contributed by atoms with Crippen molar-refractivity contribution in [1.82, 2.24) is 9.78 Å². The molecule has 0 atom stereocenters.